The number of rotatable bonds is 2. The van der Waals surface area contributed by atoms with E-state index < -0.39 is 5.54 Å². The molecule has 0 N–H and O–H groups in total. The topological polar surface area (TPSA) is 17.4 Å². The number of hydrogen-bond acceptors (Lipinski definition) is 2. The van der Waals surface area contributed by atoms with E-state index in [-0.39, 0.29) is 5.41 Å². The van der Waals surface area contributed by atoms with Gasteiger partial charge in [0.25, 0.3) is 0 Å². The SMILES string of the molecule is CC12C=C3C(=CC1(C)N(c1ccccc1)c1ccccc12)Oc1cc2c(cc1-c1ccccc13)c1ccccc1n2-c1ccccc1. The van der Waals surface area contributed by atoms with E-state index in [9.17, 15) is 0 Å². The minimum atomic E-state index is -0.417. The standard InChI is InChI=1S/C44H32N2O/c1-43-27-36-32-20-10-9-19-31(32)35-25-34-33-21-11-13-23-38(33)45(29-15-5-3-6-16-29)40(34)26-41(35)47-42(36)28-44(43,2)46(30-17-7-4-8-18-30)39-24-14-12-22-37(39)43/h3-28H,1-2H3. The molecule has 0 radical (unpaired) electrons. The number of hydrogen-bond donors (Lipinski definition) is 0. The minimum Gasteiger partial charge on any atom is -0.456 e. The average molecular weight is 605 g/mol. The third kappa shape index (κ3) is 3.46. The number of benzene rings is 6. The number of nitrogens with zero attached hydrogens (tertiary/aromatic N) is 2. The van der Waals surface area contributed by atoms with Crippen LogP contribution in [-0.4, -0.2) is 10.1 Å². The zero-order chi connectivity index (χ0) is 31.3. The molecule has 1 aliphatic carbocycles. The van der Waals surface area contributed by atoms with Crippen molar-refractivity contribution in [3.63, 3.8) is 0 Å². The van der Waals surface area contributed by atoms with Gasteiger partial charge in [-0.15, -0.1) is 0 Å². The zero-order valence-electron chi connectivity index (χ0n) is 26.3. The van der Waals surface area contributed by atoms with Gasteiger partial charge in [-0.25, -0.2) is 0 Å². The highest BCUT2D eigenvalue weighted by Crippen LogP contribution is 2.60. The summed E-state index contributed by atoms with van der Waals surface area (Å²) in [5.41, 5.74) is 11.1. The third-order valence-corrected chi connectivity index (χ3v) is 10.9. The average Bonchev–Trinajstić information content (AvgIpc) is 3.48. The summed E-state index contributed by atoms with van der Waals surface area (Å²) in [4.78, 5) is 2.50. The van der Waals surface area contributed by atoms with Gasteiger partial charge in [0.15, 0.2) is 0 Å². The highest BCUT2D eigenvalue weighted by molar-refractivity contribution is 6.12. The molecule has 47 heavy (non-hydrogen) atoms. The lowest BCUT2D eigenvalue weighted by molar-refractivity contribution is 0.375. The fourth-order valence-electron chi connectivity index (χ4n) is 8.49. The molecule has 3 heterocycles. The lowest BCUT2D eigenvalue weighted by Gasteiger charge is -2.46. The van der Waals surface area contributed by atoms with Gasteiger partial charge in [0, 0.05) is 50.5 Å². The van der Waals surface area contributed by atoms with Crippen LogP contribution >= 0.6 is 0 Å². The Morgan fingerprint density at radius 2 is 1.19 bits per heavy atom. The molecule has 2 unspecified atom stereocenters. The molecular formula is C44H32N2O. The van der Waals surface area contributed by atoms with Crippen LogP contribution in [0.2, 0.25) is 0 Å². The van der Waals surface area contributed by atoms with E-state index >= 15 is 0 Å². The number of para-hydroxylation sites is 4. The Balaban J connectivity index is 1.26. The molecule has 0 spiro atoms. The van der Waals surface area contributed by atoms with Crippen LogP contribution in [0.1, 0.15) is 25.0 Å². The molecule has 0 saturated carbocycles. The molecule has 2 atom stereocenters. The molecular weight excluding hydrogens is 572 g/mol. The molecule has 6 aromatic carbocycles. The highest BCUT2D eigenvalue weighted by Gasteiger charge is 2.57. The lowest BCUT2D eigenvalue weighted by Crippen LogP contribution is -2.52. The molecule has 0 bridgehead atoms. The zero-order valence-corrected chi connectivity index (χ0v) is 26.3. The smallest absolute Gasteiger partial charge is 0.137 e. The molecule has 3 aliphatic rings. The van der Waals surface area contributed by atoms with Gasteiger partial charge < -0.3 is 14.2 Å². The first-order valence-corrected chi connectivity index (χ1v) is 16.4. The summed E-state index contributed by atoms with van der Waals surface area (Å²) < 4.78 is 9.55. The quantitative estimate of drug-likeness (QED) is 0.195. The molecule has 3 nitrogen and oxygen atoms in total. The fourth-order valence-corrected chi connectivity index (χ4v) is 8.49. The maximum atomic E-state index is 7.19. The molecule has 0 amide bonds. The molecule has 1 aromatic heterocycles. The van der Waals surface area contributed by atoms with Gasteiger partial charge in [-0.3, -0.25) is 0 Å². The molecule has 3 heteroatoms. The first-order valence-electron chi connectivity index (χ1n) is 16.4. The van der Waals surface area contributed by atoms with E-state index in [0.717, 1.165) is 33.8 Å². The van der Waals surface area contributed by atoms with Crippen LogP contribution in [0, 0.1) is 0 Å². The Hall–Kier alpha value is -5.80. The van der Waals surface area contributed by atoms with E-state index in [0.29, 0.717) is 0 Å². The molecule has 0 fully saturated rings. The monoisotopic (exact) mass is 604 g/mol. The molecule has 10 rings (SSSR count). The summed E-state index contributed by atoms with van der Waals surface area (Å²) in [5, 5.41) is 2.45. The van der Waals surface area contributed by atoms with E-state index in [1.807, 2.05) is 0 Å². The van der Waals surface area contributed by atoms with Gasteiger partial charge >= 0.3 is 0 Å². The van der Waals surface area contributed by atoms with Crippen LogP contribution in [0.5, 0.6) is 5.75 Å². The normalized spacial score (nSPS) is 20.7. The van der Waals surface area contributed by atoms with Crippen molar-refractivity contribution in [3.05, 3.63) is 175 Å². The Kier molecular flexibility index (Phi) is 5.27. The summed E-state index contributed by atoms with van der Waals surface area (Å²) in [5.74, 6) is 1.76. The maximum absolute atomic E-state index is 7.19. The van der Waals surface area contributed by atoms with Crippen molar-refractivity contribution in [2.45, 2.75) is 24.8 Å². The Bertz CT molecular complexity index is 2470. The van der Waals surface area contributed by atoms with E-state index in [2.05, 4.69) is 181 Å². The lowest BCUT2D eigenvalue weighted by atomic mass is 9.65. The van der Waals surface area contributed by atoms with Gasteiger partial charge in [-0.1, -0.05) is 103 Å². The van der Waals surface area contributed by atoms with E-state index in [1.54, 1.807) is 0 Å². The van der Waals surface area contributed by atoms with Crippen LogP contribution in [0.25, 0.3) is 44.2 Å². The van der Waals surface area contributed by atoms with Gasteiger partial charge in [-0.2, -0.15) is 0 Å². The number of aromatic nitrogens is 1. The van der Waals surface area contributed by atoms with Crippen molar-refractivity contribution in [2.75, 3.05) is 4.90 Å². The third-order valence-electron chi connectivity index (χ3n) is 10.9. The Labute approximate surface area is 274 Å². The van der Waals surface area contributed by atoms with Crippen LogP contribution in [0.3, 0.4) is 0 Å². The van der Waals surface area contributed by atoms with Crippen LogP contribution in [-0.2, 0) is 5.41 Å². The van der Waals surface area contributed by atoms with Crippen LogP contribution < -0.4 is 9.64 Å². The van der Waals surface area contributed by atoms with E-state index in [1.165, 1.54) is 44.4 Å². The Morgan fingerprint density at radius 1 is 0.532 bits per heavy atom. The van der Waals surface area contributed by atoms with Gasteiger partial charge in [0.05, 0.1) is 16.6 Å². The number of allylic oxidation sites excluding steroid dienone is 1. The maximum Gasteiger partial charge on any atom is 0.137 e. The van der Waals surface area contributed by atoms with Crippen molar-refractivity contribution < 1.29 is 4.74 Å². The fraction of sp³-hybridized carbons (Fsp3) is 0.0909. The second-order valence-corrected chi connectivity index (χ2v) is 13.3. The minimum absolute atomic E-state index is 0.309. The van der Waals surface area contributed by atoms with Gasteiger partial charge in [0.1, 0.15) is 11.5 Å². The van der Waals surface area contributed by atoms with Gasteiger partial charge in [-0.05, 0) is 79.1 Å². The molecule has 2 aliphatic heterocycles. The van der Waals surface area contributed by atoms with Crippen molar-refractivity contribution in [1.29, 1.82) is 0 Å². The summed E-state index contributed by atoms with van der Waals surface area (Å²) in [6.07, 6.45) is 4.87. The predicted molar refractivity (Wildman–Crippen MR) is 194 cm³/mol. The number of anilines is 2. The molecule has 224 valence electrons. The van der Waals surface area contributed by atoms with Crippen molar-refractivity contribution in [1.82, 2.24) is 4.57 Å². The summed E-state index contributed by atoms with van der Waals surface area (Å²) in [6, 6.07) is 52.4. The summed E-state index contributed by atoms with van der Waals surface area (Å²) >= 11 is 0. The molecule has 0 saturated heterocycles. The first-order chi connectivity index (χ1) is 23.0. The predicted octanol–water partition coefficient (Wildman–Crippen LogP) is 11.0. The second-order valence-electron chi connectivity index (χ2n) is 13.3. The highest BCUT2D eigenvalue weighted by atomic mass is 16.5. The van der Waals surface area contributed by atoms with Crippen molar-refractivity contribution in [3.8, 4) is 22.6 Å². The van der Waals surface area contributed by atoms with Crippen LogP contribution in [0.15, 0.2) is 164 Å². The second kappa shape index (κ2) is 9.37. The van der Waals surface area contributed by atoms with Crippen molar-refractivity contribution >= 4 is 38.8 Å². The number of fused-ring (bicyclic) bond motifs is 11. The molecule has 7 aromatic rings. The van der Waals surface area contributed by atoms with Crippen LogP contribution in [0.4, 0.5) is 11.4 Å². The van der Waals surface area contributed by atoms with E-state index in [4.69, 9.17) is 4.74 Å². The number of ether oxygens (including phenoxy) is 1. The van der Waals surface area contributed by atoms with Gasteiger partial charge in [0.2, 0.25) is 0 Å². The Morgan fingerprint density at radius 3 is 2.00 bits per heavy atom. The summed E-state index contributed by atoms with van der Waals surface area (Å²) in [7, 11) is 0. The largest absolute Gasteiger partial charge is 0.456 e. The van der Waals surface area contributed by atoms with Crippen molar-refractivity contribution in [2.24, 2.45) is 0 Å². The first kappa shape index (κ1) is 26.4. The summed E-state index contributed by atoms with van der Waals surface area (Å²) in [6.45, 7) is 4.75.